The van der Waals surface area contributed by atoms with Gasteiger partial charge in [-0.25, -0.2) is 15.0 Å². The van der Waals surface area contributed by atoms with Crippen molar-refractivity contribution in [1.82, 2.24) is 15.0 Å². The third-order valence-electron chi connectivity index (χ3n) is 3.42. The van der Waals surface area contributed by atoms with E-state index in [-0.39, 0.29) is 0 Å². The quantitative estimate of drug-likeness (QED) is 0.774. The summed E-state index contributed by atoms with van der Waals surface area (Å²) in [6, 6.07) is 5.78. The summed E-state index contributed by atoms with van der Waals surface area (Å²) in [7, 11) is 0. The van der Waals surface area contributed by atoms with Crippen LogP contribution < -0.4 is 11.1 Å². The lowest BCUT2D eigenvalue weighted by molar-refractivity contribution is 0.909. The molecule has 0 atom stereocenters. The van der Waals surface area contributed by atoms with Gasteiger partial charge in [0.1, 0.15) is 22.3 Å². The number of hydrogen-bond donors (Lipinski definition) is 2. The van der Waals surface area contributed by atoms with Gasteiger partial charge in [-0.2, -0.15) is 0 Å². The van der Waals surface area contributed by atoms with Crippen LogP contribution in [0, 0.1) is 13.8 Å². The maximum Gasteiger partial charge on any atom is 0.136 e. The molecule has 0 saturated heterocycles. The fraction of sp³-hybridized carbons (Fsp3) is 0.267. The number of nitrogen functional groups attached to an aromatic ring is 1. The average molecular weight is 299 g/mol. The Morgan fingerprint density at radius 1 is 1.24 bits per heavy atom. The van der Waals surface area contributed by atoms with Crippen molar-refractivity contribution in [3.05, 3.63) is 40.7 Å². The largest absolute Gasteiger partial charge is 0.383 e. The fourth-order valence-corrected chi connectivity index (χ4v) is 3.26. The zero-order valence-electron chi connectivity index (χ0n) is 12.1. The van der Waals surface area contributed by atoms with Gasteiger partial charge in [-0.1, -0.05) is 6.07 Å². The molecule has 3 aromatic rings. The zero-order chi connectivity index (χ0) is 14.8. The molecule has 0 aliphatic heterocycles. The van der Waals surface area contributed by atoms with Crippen molar-refractivity contribution in [2.45, 2.75) is 20.3 Å². The van der Waals surface area contributed by atoms with Crippen LogP contribution in [-0.2, 0) is 6.42 Å². The lowest BCUT2D eigenvalue weighted by Gasteiger charge is -2.05. The van der Waals surface area contributed by atoms with E-state index in [0.717, 1.165) is 28.4 Å². The lowest BCUT2D eigenvalue weighted by atomic mass is 10.2. The van der Waals surface area contributed by atoms with Crippen LogP contribution in [-0.4, -0.2) is 21.5 Å². The topological polar surface area (TPSA) is 76.7 Å². The van der Waals surface area contributed by atoms with E-state index in [4.69, 9.17) is 5.73 Å². The van der Waals surface area contributed by atoms with Gasteiger partial charge in [-0.15, -0.1) is 11.3 Å². The molecule has 108 valence electrons. The minimum absolute atomic E-state index is 0.578. The second kappa shape index (κ2) is 5.65. The summed E-state index contributed by atoms with van der Waals surface area (Å²) in [4.78, 5) is 15.5. The molecule has 5 nitrogen and oxygen atoms in total. The molecule has 0 amide bonds. The molecule has 6 heteroatoms. The molecule has 3 heterocycles. The standard InChI is InChI=1S/C15H17N5S/c1-9-10(2)21-15-13(9)14(16)19-12(20-15)6-8-18-11-5-3-4-7-17-11/h3-5,7H,6,8H2,1-2H3,(H,17,18)(H2,16,19,20). The average Bonchev–Trinajstić information content (AvgIpc) is 2.75. The predicted molar refractivity (Wildman–Crippen MR) is 87.7 cm³/mol. The Hall–Kier alpha value is -2.21. The molecule has 0 bridgehead atoms. The number of nitrogens with one attached hydrogen (secondary N) is 1. The molecule has 0 aliphatic carbocycles. The number of rotatable bonds is 4. The number of aryl methyl sites for hydroxylation is 2. The van der Waals surface area contributed by atoms with E-state index in [2.05, 4.69) is 34.1 Å². The highest BCUT2D eigenvalue weighted by atomic mass is 32.1. The SMILES string of the molecule is Cc1sc2nc(CCNc3ccccn3)nc(N)c2c1C. The highest BCUT2D eigenvalue weighted by Gasteiger charge is 2.12. The summed E-state index contributed by atoms with van der Waals surface area (Å²) >= 11 is 1.67. The first-order valence-electron chi connectivity index (χ1n) is 6.82. The number of pyridine rings is 1. The van der Waals surface area contributed by atoms with Crippen LogP contribution in [0.4, 0.5) is 11.6 Å². The Labute approximate surface area is 127 Å². The van der Waals surface area contributed by atoms with Crippen molar-refractivity contribution in [2.24, 2.45) is 0 Å². The van der Waals surface area contributed by atoms with Crippen molar-refractivity contribution in [1.29, 1.82) is 0 Å². The van der Waals surface area contributed by atoms with Crippen LogP contribution in [0.2, 0.25) is 0 Å². The Kier molecular flexibility index (Phi) is 3.70. The van der Waals surface area contributed by atoms with Crippen LogP contribution >= 0.6 is 11.3 Å². The maximum absolute atomic E-state index is 6.08. The van der Waals surface area contributed by atoms with Gasteiger partial charge in [0, 0.05) is 24.0 Å². The van der Waals surface area contributed by atoms with Crippen LogP contribution in [0.25, 0.3) is 10.2 Å². The molecular formula is C15H17N5S. The van der Waals surface area contributed by atoms with Crippen molar-refractivity contribution in [3.63, 3.8) is 0 Å². The number of aromatic nitrogens is 3. The van der Waals surface area contributed by atoms with E-state index in [9.17, 15) is 0 Å². The monoisotopic (exact) mass is 299 g/mol. The number of thiophene rings is 1. The van der Waals surface area contributed by atoms with Crippen LogP contribution in [0.15, 0.2) is 24.4 Å². The molecule has 0 saturated carbocycles. The van der Waals surface area contributed by atoms with Gasteiger partial charge in [-0.05, 0) is 31.5 Å². The minimum atomic E-state index is 0.578. The zero-order valence-corrected chi connectivity index (χ0v) is 12.9. The summed E-state index contributed by atoms with van der Waals surface area (Å²) in [5, 5.41) is 4.25. The molecule has 0 aliphatic rings. The Bertz CT molecular complexity index is 767. The Morgan fingerprint density at radius 3 is 2.86 bits per heavy atom. The summed E-state index contributed by atoms with van der Waals surface area (Å²) in [6.45, 7) is 4.88. The van der Waals surface area contributed by atoms with E-state index in [0.29, 0.717) is 12.2 Å². The maximum atomic E-state index is 6.08. The number of nitrogens with zero attached hydrogens (tertiary/aromatic N) is 3. The summed E-state index contributed by atoms with van der Waals surface area (Å²) in [5.74, 6) is 2.20. The number of hydrogen-bond acceptors (Lipinski definition) is 6. The first kappa shape index (κ1) is 13.8. The van der Waals surface area contributed by atoms with E-state index in [1.165, 1.54) is 10.4 Å². The molecular weight excluding hydrogens is 282 g/mol. The summed E-state index contributed by atoms with van der Waals surface area (Å²) in [5.41, 5.74) is 7.26. The second-order valence-corrected chi connectivity index (χ2v) is 6.08. The minimum Gasteiger partial charge on any atom is -0.383 e. The Morgan fingerprint density at radius 2 is 2.10 bits per heavy atom. The molecule has 0 radical (unpaired) electrons. The van der Waals surface area contributed by atoms with Crippen LogP contribution in [0.3, 0.4) is 0 Å². The molecule has 3 rings (SSSR count). The molecule has 3 N–H and O–H groups in total. The van der Waals surface area contributed by atoms with Crippen molar-refractivity contribution in [2.75, 3.05) is 17.6 Å². The van der Waals surface area contributed by atoms with Gasteiger partial charge in [0.15, 0.2) is 0 Å². The highest BCUT2D eigenvalue weighted by Crippen LogP contribution is 2.31. The van der Waals surface area contributed by atoms with E-state index in [1.807, 2.05) is 18.2 Å². The molecule has 3 aromatic heterocycles. The van der Waals surface area contributed by atoms with Gasteiger partial charge in [-0.3, -0.25) is 0 Å². The van der Waals surface area contributed by atoms with Gasteiger partial charge in [0.05, 0.1) is 5.39 Å². The molecule has 0 aromatic carbocycles. The van der Waals surface area contributed by atoms with Crippen molar-refractivity contribution < 1.29 is 0 Å². The van der Waals surface area contributed by atoms with E-state index >= 15 is 0 Å². The summed E-state index contributed by atoms with van der Waals surface area (Å²) in [6.07, 6.45) is 2.48. The first-order valence-corrected chi connectivity index (χ1v) is 7.64. The molecule has 0 spiro atoms. The molecule has 0 fully saturated rings. The second-order valence-electron chi connectivity index (χ2n) is 4.88. The number of nitrogens with two attached hydrogens (primary N) is 1. The number of anilines is 2. The third kappa shape index (κ3) is 2.80. The van der Waals surface area contributed by atoms with Crippen LogP contribution in [0.5, 0.6) is 0 Å². The van der Waals surface area contributed by atoms with Gasteiger partial charge in [0.2, 0.25) is 0 Å². The van der Waals surface area contributed by atoms with Gasteiger partial charge >= 0.3 is 0 Å². The van der Waals surface area contributed by atoms with E-state index in [1.54, 1.807) is 17.5 Å². The fourth-order valence-electron chi connectivity index (χ4n) is 2.21. The molecule has 21 heavy (non-hydrogen) atoms. The van der Waals surface area contributed by atoms with Crippen molar-refractivity contribution >= 4 is 33.2 Å². The van der Waals surface area contributed by atoms with Gasteiger partial charge in [0.25, 0.3) is 0 Å². The van der Waals surface area contributed by atoms with Gasteiger partial charge < -0.3 is 11.1 Å². The smallest absolute Gasteiger partial charge is 0.136 e. The Balaban J connectivity index is 1.76. The lowest BCUT2D eigenvalue weighted by Crippen LogP contribution is -2.09. The van der Waals surface area contributed by atoms with E-state index < -0.39 is 0 Å². The highest BCUT2D eigenvalue weighted by molar-refractivity contribution is 7.18. The first-order chi connectivity index (χ1) is 10.1. The van der Waals surface area contributed by atoms with Crippen LogP contribution in [0.1, 0.15) is 16.3 Å². The molecule has 0 unspecified atom stereocenters. The van der Waals surface area contributed by atoms with Crippen molar-refractivity contribution in [3.8, 4) is 0 Å². The third-order valence-corrected chi connectivity index (χ3v) is 4.52. The normalized spacial score (nSPS) is 11.0. The number of fused-ring (bicyclic) bond motifs is 1. The predicted octanol–water partition coefficient (Wildman–Crippen LogP) is 2.94. The summed E-state index contributed by atoms with van der Waals surface area (Å²) < 4.78 is 0.